The number of carbonyl (C=O) groups excluding carboxylic acids is 2. The fourth-order valence-corrected chi connectivity index (χ4v) is 2.66. The average Bonchev–Trinajstić information content (AvgIpc) is 3.46. The van der Waals surface area contributed by atoms with Crippen molar-refractivity contribution in [3.63, 3.8) is 0 Å². The molecule has 0 aliphatic heterocycles. The van der Waals surface area contributed by atoms with E-state index in [-0.39, 0.29) is 23.7 Å². The first kappa shape index (κ1) is 17.0. The van der Waals surface area contributed by atoms with Gasteiger partial charge in [0.05, 0.1) is 18.9 Å². The third kappa shape index (κ3) is 4.56. The Morgan fingerprint density at radius 2 is 1.68 bits per heavy atom. The number of ether oxygens (including phenoxy) is 1. The number of benzene rings is 1. The molecular weight excluding hydrogens is 318 g/mol. The lowest BCUT2D eigenvalue weighted by Crippen LogP contribution is -2.29. The predicted molar refractivity (Wildman–Crippen MR) is 92.5 cm³/mol. The van der Waals surface area contributed by atoms with Gasteiger partial charge in [-0.3, -0.25) is 14.6 Å². The summed E-state index contributed by atoms with van der Waals surface area (Å²) in [5, 5.41) is 5.75. The monoisotopic (exact) mass is 339 g/mol. The molecular formula is C19H21N3O3. The highest BCUT2D eigenvalue weighted by atomic mass is 16.5. The SMILES string of the molecule is COc1ccc(CNC(=O)C2CC2C(=O)NCc2cccnc2)cc1. The highest BCUT2D eigenvalue weighted by Crippen LogP contribution is 2.38. The largest absolute Gasteiger partial charge is 0.497 e. The van der Waals surface area contributed by atoms with Gasteiger partial charge in [0, 0.05) is 25.5 Å². The molecule has 1 aromatic heterocycles. The van der Waals surface area contributed by atoms with E-state index >= 15 is 0 Å². The molecule has 0 radical (unpaired) electrons. The van der Waals surface area contributed by atoms with E-state index < -0.39 is 0 Å². The van der Waals surface area contributed by atoms with Crippen molar-refractivity contribution < 1.29 is 14.3 Å². The fourth-order valence-electron chi connectivity index (χ4n) is 2.66. The van der Waals surface area contributed by atoms with Crippen LogP contribution in [0.4, 0.5) is 0 Å². The van der Waals surface area contributed by atoms with Crippen LogP contribution in [0.25, 0.3) is 0 Å². The van der Waals surface area contributed by atoms with Gasteiger partial charge in [-0.25, -0.2) is 0 Å². The van der Waals surface area contributed by atoms with Gasteiger partial charge in [0.25, 0.3) is 0 Å². The first-order valence-corrected chi connectivity index (χ1v) is 8.24. The van der Waals surface area contributed by atoms with Crippen LogP contribution in [0.1, 0.15) is 17.5 Å². The smallest absolute Gasteiger partial charge is 0.224 e. The zero-order chi connectivity index (χ0) is 17.6. The summed E-state index contributed by atoms with van der Waals surface area (Å²) in [5.41, 5.74) is 1.93. The van der Waals surface area contributed by atoms with Crippen molar-refractivity contribution >= 4 is 11.8 Å². The Balaban J connectivity index is 1.41. The quantitative estimate of drug-likeness (QED) is 0.804. The molecule has 0 spiro atoms. The molecule has 1 aromatic carbocycles. The summed E-state index contributed by atoms with van der Waals surface area (Å²) in [6, 6.07) is 11.3. The van der Waals surface area contributed by atoms with Crippen LogP contribution in [-0.2, 0) is 22.7 Å². The van der Waals surface area contributed by atoms with E-state index in [2.05, 4.69) is 15.6 Å². The van der Waals surface area contributed by atoms with Crippen molar-refractivity contribution in [2.75, 3.05) is 7.11 Å². The molecule has 25 heavy (non-hydrogen) atoms. The molecule has 2 aromatic rings. The second-order valence-electron chi connectivity index (χ2n) is 6.09. The van der Waals surface area contributed by atoms with Crippen molar-refractivity contribution in [1.29, 1.82) is 0 Å². The Bertz CT molecular complexity index is 731. The second kappa shape index (κ2) is 7.79. The van der Waals surface area contributed by atoms with Gasteiger partial charge in [0.1, 0.15) is 5.75 Å². The van der Waals surface area contributed by atoms with E-state index in [0.29, 0.717) is 19.5 Å². The van der Waals surface area contributed by atoms with E-state index in [0.717, 1.165) is 16.9 Å². The first-order chi connectivity index (χ1) is 12.2. The Morgan fingerprint density at radius 1 is 1.04 bits per heavy atom. The molecule has 1 aliphatic carbocycles. The molecule has 2 unspecified atom stereocenters. The van der Waals surface area contributed by atoms with Crippen LogP contribution in [0.5, 0.6) is 5.75 Å². The third-order valence-electron chi connectivity index (χ3n) is 4.28. The molecule has 1 fully saturated rings. The number of hydrogen-bond donors (Lipinski definition) is 2. The summed E-state index contributed by atoms with van der Waals surface area (Å²) in [4.78, 5) is 28.3. The van der Waals surface area contributed by atoms with Crippen LogP contribution in [-0.4, -0.2) is 23.9 Å². The number of methoxy groups -OCH3 is 1. The Morgan fingerprint density at radius 3 is 2.24 bits per heavy atom. The number of carbonyl (C=O) groups is 2. The number of aromatic nitrogens is 1. The molecule has 2 amide bonds. The number of amides is 2. The molecule has 2 N–H and O–H groups in total. The van der Waals surface area contributed by atoms with Crippen molar-refractivity contribution in [3.05, 3.63) is 59.9 Å². The number of pyridine rings is 1. The van der Waals surface area contributed by atoms with Crippen LogP contribution in [0, 0.1) is 11.8 Å². The van der Waals surface area contributed by atoms with Crippen molar-refractivity contribution in [1.82, 2.24) is 15.6 Å². The molecule has 1 aliphatic rings. The minimum absolute atomic E-state index is 0.0719. The van der Waals surface area contributed by atoms with Crippen LogP contribution < -0.4 is 15.4 Å². The van der Waals surface area contributed by atoms with E-state index in [1.165, 1.54) is 0 Å². The number of nitrogens with one attached hydrogen (secondary N) is 2. The third-order valence-corrected chi connectivity index (χ3v) is 4.28. The van der Waals surface area contributed by atoms with Crippen LogP contribution in [0.3, 0.4) is 0 Å². The number of nitrogens with zero attached hydrogens (tertiary/aromatic N) is 1. The van der Waals surface area contributed by atoms with E-state index in [1.807, 2.05) is 36.4 Å². The van der Waals surface area contributed by atoms with E-state index in [4.69, 9.17) is 4.74 Å². The van der Waals surface area contributed by atoms with Crippen molar-refractivity contribution in [2.45, 2.75) is 19.5 Å². The Labute approximate surface area is 146 Å². The highest BCUT2D eigenvalue weighted by Gasteiger charge is 2.47. The second-order valence-corrected chi connectivity index (χ2v) is 6.09. The minimum Gasteiger partial charge on any atom is -0.497 e. The maximum atomic E-state index is 12.2. The molecule has 2 atom stereocenters. The number of rotatable bonds is 7. The topological polar surface area (TPSA) is 80.3 Å². The average molecular weight is 339 g/mol. The summed E-state index contributed by atoms with van der Waals surface area (Å²) in [6.45, 7) is 0.882. The van der Waals surface area contributed by atoms with E-state index in [9.17, 15) is 9.59 Å². The summed E-state index contributed by atoms with van der Waals surface area (Å²) in [7, 11) is 1.61. The lowest BCUT2D eigenvalue weighted by atomic mass is 10.2. The Kier molecular flexibility index (Phi) is 5.28. The normalized spacial score (nSPS) is 18.3. The lowest BCUT2D eigenvalue weighted by Gasteiger charge is -2.07. The Hall–Kier alpha value is -2.89. The van der Waals surface area contributed by atoms with Gasteiger partial charge in [-0.2, -0.15) is 0 Å². The van der Waals surface area contributed by atoms with Gasteiger partial charge in [-0.05, 0) is 35.7 Å². The maximum Gasteiger partial charge on any atom is 0.224 e. The van der Waals surface area contributed by atoms with Crippen LogP contribution in [0.15, 0.2) is 48.8 Å². The van der Waals surface area contributed by atoms with Crippen molar-refractivity contribution in [2.24, 2.45) is 11.8 Å². The molecule has 3 rings (SSSR count). The van der Waals surface area contributed by atoms with Crippen LogP contribution >= 0.6 is 0 Å². The van der Waals surface area contributed by atoms with Gasteiger partial charge in [0.2, 0.25) is 11.8 Å². The molecule has 0 saturated heterocycles. The zero-order valence-corrected chi connectivity index (χ0v) is 14.1. The molecule has 6 heteroatoms. The van der Waals surface area contributed by atoms with Crippen LogP contribution in [0.2, 0.25) is 0 Å². The van der Waals surface area contributed by atoms with Gasteiger partial charge >= 0.3 is 0 Å². The molecule has 1 heterocycles. The molecule has 1 saturated carbocycles. The summed E-state index contributed by atoms with van der Waals surface area (Å²) in [5.74, 6) is 0.174. The van der Waals surface area contributed by atoms with Gasteiger partial charge in [0.15, 0.2) is 0 Å². The van der Waals surface area contributed by atoms with Gasteiger partial charge in [-0.1, -0.05) is 18.2 Å². The van der Waals surface area contributed by atoms with Gasteiger partial charge < -0.3 is 15.4 Å². The van der Waals surface area contributed by atoms with Crippen molar-refractivity contribution in [3.8, 4) is 5.75 Å². The zero-order valence-electron chi connectivity index (χ0n) is 14.1. The molecule has 0 bridgehead atoms. The maximum absolute atomic E-state index is 12.2. The summed E-state index contributed by atoms with van der Waals surface area (Å²) >= 11 is 0. The highest BCUT2D eigenvalue weighted by molar-refractivity contribution is 5.92. The standard InChI is InChI=1S/C19H21N3O3/c1-25-15-6-4-13(5-7-15)11-21-18(23)16-9-17(16)19(24)22-12-14-3-2-8-20-10-14/h2-8,10,16-17H,9,11-12H2,1H3,(H,21,23)(H,22,24). The predicted octanol–water partition coefficient (Wildman–Crippen LogP) is 1.66. The molecule has 6 nitrogen and oxygen atoms in total. The molecule has 130 valence electrons. The van der Waals surface area contributed by atoms with Gasteiger partial charge in [-0.15, -0.1) is 0 Å². The fraction of sp³-hybridized carbons (Fsp3) is 0.316. The minimum atomic E-state index is -0.229. The summed E-state index contributed by atoms with van der Waals surface area (Å²) < 4.78 is 5.10. The lowest BCUT2D eigenvalue weighted by molar-refractivity contribution is -0.127. The summed E-state index contributed by atoms with van der Waals surface area (Å²) in [6.07, 6.45) is 4.01. The first-order valence-electron chi connectivity index (χ1n) is 8.24. The van der Waals surface area contributed by atoms with E-state index in [1.54, 1.807) is 19.5 Å². The number of hydrogen-bond acceptors (Lipinski definition) is 4.